The molecule has 4 heteroatoms. The van der Waals surface area contributed by atoms with Gasteiger partial charge in [-0.05, 0) is 61.4 Å². The van der Waals surface area contributed by atoms with Gasteiger partial charge in [-0.25, -0.2) is 0 Å². The van der Waals surface area contributed by atoms with E-state index < -0.39 is 0 Å². The van der Waals surface area contributed by atoms with Crippen molar-refractivity contribution in [3.63, 3.8) is 0 Å². The molecule has 4 nitrogen and oxygen atoms in total. The number of anilines is 2. The fourth-order valence-corrected chi connectivity index (χ4v) is 2.38. The van der Waals surface area contributed by atoms with Gasteiger partial charge in [0.15, 0.2) is 0 Å². The smallest absolute Gasteiger partial charge is 0.150 e. The Bertz CT molecular complexity index is 803. The molecule has 0 saturated heterocycles. The van der Waals surface area contributed by atoms with Crippen molar-refractivity contribution < 1.29 is 9.47 Å². The molecule has 3 aromatic rings. The van der Waals surface area contributed by atoms with Gasteiger partial charge in [-0.2, -0.15) is 0 Å². The SMILES string of the molecule is Cc1c(Oc2ccccc2N)ccc(Oc2ccccc2N)c1C. The minimum absolute atomic E-state index is 0.604. The zero-order chi connectivity index (χ0) is 17.1. The van der Waals surface area contributed by atoms with Gasteiger partial charge in [-0.3, -0.25) is 0 Å². The average Bonchev–Trinajstić information content (AvgIpc) is 2.58. The van der Waals surface area contributed by atoms with E-state index in [4.69, 9.17) is 20.9 Å². The monoisotopic (exact) mass is 320 g/mol. The number of nitrogen functional groups attached to an aromatic ring is 2. The molecule has 0 aliphatic carbocycles. The first kappa shape index (κ1) is 15.7. The third-order valence-corrected chi connectivity index (χ3v) is 3.97. The number of rotatable bonds is 4. The standard InChI is InChI=1S/C20H20N2O2/c1-13-14(2)18(24-20-10-6-4-8-16(20)22)12-11-17(13)23-19-9-5-3-7-15(19)21/h3-12H,21-22H2,1-2H3. The Kier molecular flexibility index (Phi) is 4.29. The summed E-state index contributed by atoms with van der Waals surface area (Å²) in [6.07, 6.45) is 0. The van der Waals surface area contributed by atoms with Crippen LogP contribution in [0.25, 0.3) is 0 Å². The average molecular weight is 320 g/mol. The third-order valence-electron chi connectivity index (χ3n) is 3.97. The highest BCUT2D eigenvalue weighted by Gasteiger charge is 2.12. The summed E-state index contributed by atoms with van der Waals surface area (Å²) in [5.74, 6) is 2.78. The minimum atomic E-state index is 0.604. The lowest BCUT2D eigenvalue weighted by atomic mass is 10.1. The lowest BCUT2D eigenvalue weighted by Crippen LogP contribution is -1.97. The van der Waals surface area contributed by atoms with E-state index in [0.29, 0.717) is 22.9 Å². The molecule has 0 bridgehead atoms. The summed E-state index contributed by atoms with van der Waals surface area (Å²) in [6, 6.07) is 18.6. The topological polar surface area (TPSA) is 70.5 Å². The second-order valence-corrected chi connectivity index (χ2v) is 5.59. The van der Waals surface area contributed by atoms with Gasteiger partial charge in [-0.1, -0.05) is 24.3 Å². The maximum absolute atomic E-state index is 5.94. The molecule has 0 atom stereocenters. The highest BCUT2D eigenvalue weighted by molar-refractivity contribution is 5.58. The molecule has 3 aromatic carbocycles. The quantitative estimate of drug-likeness (QED) is 0.660. The fraction of sp³-hybridized carbons (Fsp3) is 0.100. The van der Waals surface area contributed by atoms with Gasteiger partial charge in [-0.15, -0.1) is 0 Å². The van der Waals surface area contributed by atoms with Gasteiger partial charge >= 0.3 is 0 Å². The van der Waals surface area contributed by atoms with Crippen LogP contribution in [-0.4, -0.2) is 0 Å². The van der Waals surface area contributed by atoms with E-state index in [2.05, 4.69) is 0 Å². The molecule has 0 spiro atoms. The van der Waals surface area contributed by atoms with Crippen LogP contribution in [-0.2, 0) is 0 Å². The van der Waals surface area contributed by atoms with Crippen molar-refractivity contribution in [2.75, 3.05) is 11.5 Å². The number of para-hydroxylation sites is 4. The Labute approximate surface area is 141 Å². The number of benzene rings is 3. The van der Waals surface area contributed by atoms with Gasteiger partial charge in [0.25, 0.3) is 0 Å². The predicted octanol–water partition coefficient (Wildman–Crippen LogP) is 5.05. The summed E-state index contributed by atoms with van der Waals surface area (Å²) in [4.78, 5) is 0. The minimum Gasteiger partial charge on any atom is -0.455 e. The van der Waals surface area contributed by atoms with Gasteiger partial charge in [0.2, 0.25) is 0 Å². The van der Waals surface area contributed by atoms with Crippen LogP contribution in [0.5, 0.6) is 23.0 Å². The molecule has 0 amide bonds. The van der Waals surface area contributed by atoms with Crippen molar-refractivity contribution in [1.29, 1.82) is 0 Å². The van der Waals surface area contributed by atoms with Gasteiger partial charge in [0.1, 0.15) is 23.0 Å². The van der Waals surface area contributed by atoms with E-state index in [9.17, 15) is 0 Å². The second kappa shape index (κ2) is 6.54. The maximum Gasteiger partial charge on any atom is 0.150 e. The number of nitrogens with two attached hydrogens (primary N) is 2. The largest absolute Gasteiger partial charge is 0.455 e. The zero-order valence-electron chi connectivity index (χ0n) is 13.7. The van der Waals surface area contributed by atoms with Crippen molar-refractivity contribution in [2.45, 2.75) is 13.8 Å². The van der Waals surface area contributed by atoms with Gasteiger partial charge in [0, 0.05) is 0 Å². The lowest BCUT2D eigenvalue weighted by molar-refractivity contribution is 0.465. The molecular formula is C20H20N2O2. The highest BCUT2D eigenvalue weighted by Crippen LogP contribution is 2.36. The third kappa shape index (κ3) is 3.13. The summed E-state index contributed by atoms with van der Waals surface area (Å²) in [7, 11) is 0. The van der Waals surface area contributed by atoms with Crippen LogP contribution in [0.3, 0.4) is 0 Å². The lowest BCUT2D eigenvalue weighted by Gasteiger charge is -2.16. The Hall–Kier alpha value is -3.14. The molecule has 0 saturated carbocycles. The Balaban J connectivity index is 1.89. The molecule has 0 fully saturated rings. The summed E-state index contributed by atoms with van der Waals surface area (Å²) in [5, 5.41) is 0. The normalized spacial score (nSPS) is 10.4. The Morgan fingerprint density at radius 2 is 0.917 bits per heavy atom. The van der Waals surface area contributed by atoms with Crippen LogP contribution in [0.15, 0.2) is 60.7 Å². The first-order valence-corrected chi connectivity index (χ1v) is 7.71. The summed E-state index contributed by atoms with van der Waals surface area (Å²) >= 11 is 0. The number of hydrogen-bond acceptors (Lipinski definition) is 4. The predicted molar refractivity (Wildman–Crippen MR) is 97.8 cm³/mol. The Morgan fingerprint density at radius 3 is 1.29 bits per heavy atom. The molecule has 0 heterocycles. The molecule has 3 rings (SSSR count). The summed E-state index contributed by atoms with van der Waals surface area (Å²) < 4.78 is 11.9. The van der Waals surface area contributed by atoms with Gasteiger partial charge < -0.3 is 20.9 Å². The van der Waals surface area contributed by atoms with Crippen molar-refractivity contribution in [2.24, 2.45) is 0 Å². The maximum atomic E-state index is 5.94. The van der Waals surface area contributed by atoms with Crippen LogP contribution in [0.4, 0.5) is 11.4 Å². The van der Waals surface area contributed by atoms with Crippen LogP contribution in [0, 0.1) is 13.8 Å². The van der Waals surface area contributed by atoms with E-state index in [0.717, 1.165) is 22.6 Å². The van der Waals surface area contributed by atoms with E-state index in [-0.39, 0.29) is 0 Å². The van der Waals surface area contributed by atoms with E-state index in [1.165, 1.54) is 0 Å². The van der Waals surface area contributed by atoms with Crippen LogP contribution >= 0.6 is 0 Å². The fourth-order valence-electron chi connectivity index (χ4n) is 2.38. The zero-order valence-corrected chi connectivity index (χ0v) is 13.7. The van der Waals surface area contributed by atoms with E-state index in [1.807, 2.05) is 74.5 Å². The highest BCUT2D eigenvalue weighted by atomic mass is 16.5. The molecule has 0 aliphatic heterocycles. The van der Waals surface area contributed by atoms with Crippen molar-refractivity contribution in [1.82, 2.24) is 0 Å². The molecule has 122 valence electrons. The van der Waals surface area contributed by atoms with Crippen LogP contribution in [0.1, 0.15) is 11.1 Å². The number of ether oxygens (including phenoxy) is 2. The first-order valence-electron chi connectivity index (χ1n) is 7.71. The molecule has 0 aliphatic rings. The van der Waals surface area contributed by atoms with Crippen molar-refractivity contribution in [3.8, 4) is 23.0 Å². The van der Waals surface area contributed by atoms with Gasteiger partial charge in [0.05, 0.1) is 11.4 Å². The summed E-state index contributed by atoms with van der Waals surface area (Å²) in [5.41, 5.74) is 15.1. The molecule has 0 unspecified atom stereocenters. The molecule has 24 heavy (non-hydrogen) atoms. The molecule has 0 aromatic heterocycles. The molecular weight excluding hydrogens is 300 g/mol. The van der Waals surface area contributed by atoms with Crippen molar-refractivity contribution in [3.05, 3.63) is 71.8 Å². The second-order valence-electron chi connectivity index (χ2n) is 5.59. The summed E-state index contributed by atoms with van der Waals surface area (Å²) in [6.45, 7) is 3.98. The number of hydrogen-bond donors (Lipinski definition) is 2. The van der Waals surface area contributed by atoms with Crippen molar-refractivity contribution >= 4 is 11.4 Å². The van der Waals surface area contributed by atoms with E-state index >= 15 is 0 Å². The van der Waals surface area contributed by atoms with E-state index in [1.54, 1.807) is 0 Å². The molecule has 0 radical (unpaired) electrons. The van der Waals surface area contributed by atoms with Crippen LogP contribution < -0.4 is 20.9 Å². The molecule has 4 N–H and O–H groups in total. The first-order chi connectivity index (χ1) is 11.6. The Morgan fingerprint density at radius 1 is 0.542 bits per heavy atom. The van der Waals surface area contributed by atoms with Crippen LogP contribution in [0.2, 0.25) is 0 Å².